The topological polar surface area (TPSA) is 55.0 Å². The molecule has 0 saturated heterocycles. The van der Waals surface area contributed by atoms with Crippen molar-refractivity contribution in [2.24, 2.45) is 5.92 Å². The first kappa shape index (κ1) is 12.7. The SMILES string of the molecule is CCC(CC)CN(CC)c1nccc(N)n1. The molecule has 4 heteroatoms. The van der Waals surface area contributed by atoms with Crippen LogP contribution in [0.1, 0.15) is 33.6 Å². The molecule has 0 saturated carbocycles. The molecule has 16 heavy (non-hydrogen) atoms. The fourth-order valence-corrected chi connectivity index (χ4v) is 1.72. The highest BCUT2D eigenvalue weighted by atomic mass is 15.3. The summed E-state index contributed by atoms with van der Waals surface area (Å²) in [5.41, 5.74) is 5.67. The monoisotopic (exact) mass is 222 g/mol. The van der Waals surface area contributed by atoms with Crippen LogP contribution in [0.5, 0.6) is 0 Å². The minimum absolute atomic E-state index is 0.535. The van der Waals surface area contributed by atoms with Gasteiger partial charge in [0.25, 0.3) is 0 Å². The van der Waals surface area contributed by atoms with E-state index in [4.69, 9.17) is 5.73 Å². The van der Waals surface area contributed by atoms with E-state index in [0.29, 0.717) is 11.7 Å². The third-order valence-corrected chi connectivity index (χ3v) is 2.96. The van der Waals surface area contributed by atoms with E-state index in [1.807, 2.05) is 0 Å². The molecule has 0 atom stereocenters. The highest BCUT2D eigenvalue weighted by Gasteiger charge is 2.12. The summed E-state index contributed by atoms with van der Waals surface area (Å²) < 4.78 is 0. The van der Waals surface area contributed by atoms with Crippen molar-refractivity contribution in [1.82, 2.24) is 9.97 Å². The molecule has 90 valence electrons. The lowest BCUT2D eigenvalue weighted by molar-refractivity contribution is 0.482. The van der Waals surface area contributed by atoms with E-state index in [1.54, 1.807) is 12.3 Å². The Bertz CT molecular complexity index is 310. The Morgan fingerprint density at radius 3 is 2.50 bits per heavy atom. The summed E-state index contributed by atoms with van der Waals surface area (Å²) in [7, 11) is 0. The maximum absolute atomic E-state index is 5.67. The lowest BCUT2D eigenvalue weighted by atomic mass is 10.0. The van der Waals surface area contributed by atoms with E-state index in [9.17, 15) is 0 Å². The lowest BCUT2D eigenvalue weighted by Crippen LogP contribution is -2.30. The normalized spacial score (nSPS) is 10.8. The summed E-state index contributed by atoms with van der Waals surface area (Å²) in [5, 5.41) is 0. The van der Waals surface area contributed by atoms with Crippen LogP contribution < -0.4 is 10.6 Å². The molecule has 1 heterocycles. The van der Waals surface area contributed by atoms with Crippen molar-refractivity contribution in [3.8, 4) is 0 Å². The van der Waals surface area contributed by atoms with Gasteiger partial charge in [0.1, 0.15) is 5.82 Å². The van der Waals surface area contributed by atoms with E-state index in [1.165, 1.54) is 12.8 Å². The van der Waals surface area contributed by atoms with Crippen molar-refractivity contribution >= 4 is 11.8 Å². The number of hydrogen-bond acceptors (Lipinski definition) is 4. The number of nitrogens with zero attached hydrogens (tertiary/aromatic N) is 3. The Kier molecular flexibility index (Phi) is 5.02. The van der Waals surface area contributed by atoms with E-state index < -0.39 is 0 Å². The van der Waals surface area contributed by atoms with Crippen LogP contribution in [0.2, 0.25) is 0 Å². The van der Waals surface area contributed by atoms with E-state index in [2.05, 4.69) is 35.6 Å². The summed E-state index contributed by atoms with van der Waals surface area (Å²) in [6, 6.07) is 1.72. The molecule has 0 aliphatic rings. The fourth-order valence-electron chi connectivity index (χ4n) is 1.72. The van der Waals surface area contributed by atoms with Gasteiger partial charge in [0.05, 0.1) is 0 Å². The second-order valence-corrected chi connectivity index (χ2v) is 4.00. The van der Waals surface area contributed by atoms with Crippen LogP contribution in [0.4, 0.5) is 11.8 Å². The number of anilines is 2. The Morgan fingerprint density at radius 2 is 2.00 bits per heavy atom. The molecule has 0 spiro atoms. The third kappa shape index (κ3) is 3.36. The molecular weight excluding hydrogens is 200 g/mol. The summed E-state index contributed by atoms with van der Waals surface area (Å²) >= 11 is 0. The van der Waals surface area contributed by atoms with Crippen LogP contribution in [0, 0.1) is 5.92 Å². The standard InChI is InChI=1S/C12H22N4/c1-4-10(5-2)9-16(6-3)12-14-8-7-11(13)15-12/h7-8,10H,4-6,9H2,1-3H3,(H2,13,14,15). The van der Waals surface area contributed by atoms with Crippen molar-refractivity contribution < 1.29 is 0 Å². The zero-order valence-corrected chi connectivity index (χ0v) is 10.5. The summed E-state index contributed by atoms with van der Waals surface area (Å²) in [4.78, 5) is 10.7. The van der Waals surface area contributed by atoms with Gasteiger partial charge in [-0.25, -0.2) is 4.98 Å². The van der Waals surface area contributed by atoms with Crippen molar-refractivity contribution in [1.29, 1.82) is 0 Å². The zero-order chi connectivity index (χ0) is 12.0. The molecule has 0 radical (unpaired) electrons. The predicted octanol–water partition coefficient (Wildman–Crippen LogP) is 2.32. The lowest BCUT2D eigenvalue weighted by Gasteiger charge is -2.25. The third-order valence-electron chi connectivity index (χ3n) is 2.96. The van der Waals surface area contributed by atoms with E-state index in [0.717, 1.165) is 19.0 Å². The number of nitrogens with two attached hydrogens (primary N) is 1. The molecule has 1 aromatic heterocycles. The van der Waals surface area contributed by atoms with Crippen LogP contribution >= 0.6 is 0 Å². The number of rotatable bonds is 6. The minimum atomic E-state index is 0.535. The van der Waals surface area contributed by atoms with Crippen LogP contribution in [0.15, 0.2) is 12.3 Å². The number of nitrogen functional groups attached to an aromatic ring is 1. The van der Waals surface area contributed by atoms with Gasteiger partial charge in [-0.05, 0) is 18.9 Å². The average molecular weight is 222 g/mol. The van der Waals surface area contributed by atoms with Gasteiger partial charge in [-0.2, -0.15) is 4.98 Å². The minimum Gasteiger partial charge on any atom is -0.384 e. The van der Waals surface area contributed by atoms with Gasteiger partial charge in [-0.15, -0.1) is 0 Å². The quantitative estimate of drug-likeness (QED) is 0.802. The number of hydrogen-bond donors (Lipinski definition) is 1. The second kappa shape index (κ2) is 6.30. The zero-order valence-electron chi connectivity index (χ0n) is 10.5. The molecular formula is C12H22N4. The Morgan fingerprint density at radius 1 is 1.31 bits per heavy atom. The molecule has 1 rings (SSSR count). The Hall–Kier alpha value is -1.32. The maximum atomic E-state index is 5.67. The van der Waals surface area contributed by atoms with E-state index in [-0.39, 0.29) is 0 Å². The Balaban J connectivity index is 2.74. The van der Waals surface area contributed by atoms with Crippen LogP contribution in [0.3, 0.4) is 0 Å². The predicted molar refractivity (Wildman–Crippen MR) is 68.4 cm³/mol. The first-order valence-electron chi connectivity index (χ1n) is 6.04. The molecule has 4 nitrogen and oxygen atoms in total. The largest absolute Gasteiger partial charge is 0.384 e. The van der Waals surface area contributed by atoms with Crippen molar-refractivity contribution in [2.75, 3.05) is 23.7 Å². The fraction of sp³-hybridized carbons (Fsp3) is 0.667. The molecule has 0 amide bonds. The molecule has 2 N–H and O–H groups in total. The second-order valence-electron chi connectivity index (χ2n) is 4.00. The van der Waals surface area contributed by atoms with Gasteiger partial charge < -0.3 is 10.6 Å². The van der Waals surface area contributed by atoms with Crippen molar-refractivity contribution in [3.63, 3.8) is 0 Å². The summed E-state index contributed by atoms with van der Waals surface area (Å²) in [6.07, 6.45) is 4.10. The highest BCUT2D eigenvalue weighted by molar-refractivity contribution is 5.37. The van der Waals surface area contributed by atoms with Gasteiger partial charge >= 0.3 is 0 Å². The smallest absolute Gasteiger partial charge is 0.227 e. The van der Waals surface area contributed by atoms with Gasteiger partial charge in [-0.3, -0.25) is 0 Å². The summed E-state index contributed by atoms with van der Waals surface area (Å²) in [6.45, 7) is 8.49. The highest BCUT2D eigenvalue weighted by Crippen LogP contribution is 2.14. The molecule has 0 aromatic carbocycles. The van der Waals surface area contributed by atoms with Crippen LogP contribution in [-0.2, 0) is 0 Å². The molecule has 0 bridgehead atoms. The van der Waals surface area contributed by atoms with Crippen molar-refractivity contribution in [3.05, 3.63) is 12.3 Å². The van der Waals surface area contributed by atoms with Crippen LogP contribution in [-0.4, -0.2) is 23.1 Å². The molecule has 0 fully saturated rings. The Labute approximate surface area is 97.9 Å². The van der Waals surface area contributed by atoms with Gasteiger partial charge in [0, 0.05) is 19.3 Å². The van der Waals surface area contributed by atoms with Crippen molar-refractivity contribution in [2.45, 2.75) is 33.6 Å². The molecule has 0 aliphatic heterocycles. The maximum Gasteiger partial charge on any atom is 0.227 e. The van der Waals surface area contributed by atoms with Crippen LogP contribution in [0.25, 0.3) is 0 Å². The van der Waals surface area contributed by atoms with Gasteiger partial charge in [0.15, 0.2) is 0 Å². The first-order chi connectivity index (χ1) is 7.71. The molecule has 0 unspecified atom stereocenters. The molecule has 1 aromatic rings. The first-order valence-corrected chi connectivity index (χ1v) is 6.04. The van der Waals surface area contributed by atoms with E-state index >= 15 is 0 Å². The summed E-state index contributed by atoms with van der Waals surface area (Å²) in [5.74, 6) is 1.98. The molecule has 0 aliphatic carbocycles. The average Bonchev–Trinajstić information content (AvgIpc) is 2.31. The van der Waals surface area contributed by atoms with Gasteiger partial charge in [-0.1, -0.05) is 26.7 Å². The number of aromatic nitrogens is 2. The van der Waals surface area contributed by atoms with Gasteiger partial charge in [0.2, 0.25) is 5.95 Å².